The Morgan fingerprint density at radius 1 is 1.32 bits per heavy atom. The van der Waals surface area contributed by atoms with E-state index in [1.165, 1.54) is 11.1 Å². The van der Waals surface area contributed by atoms with Crippen molar-refractivity contribution in [2.24, 2.45) is 0 Å². The number of hydrogen-bond donors (Lipinski definition) is 2. The highest BCUT2D eigenvalue weighted by Crippen LogP contribution is 2.31. The fourth-order valence-electron chi connectivity index (χ4n) is 2.12. The highest BCUT2D eigenvalue weighted by Gasteiger charge is 2.21. The second kappa shape index (κ2) is 6.20. The van der Waals surface area contributed by atoms with Crippen molar-refractivity contribution in [2.45, 2.75) is 46.0 Å². The molecule has 0 saturated carbocycles. The predicted molar refractivity (Wildman–Crippen MR) is 78.7 cm³/mol. The zero-order chi connectivity index (χ0) is 14.6. The first-order valence-corrected chi connectivity index (χ1v) is 6.81. The molecule has 1 aromatic carbocycles. The molecule has 0 aliphatic carbocycles. The summed E-state index contributed by atoms with van der Waals surface area (Å²) in [6.45, 7) is 11.0. The smallest absolute Gasteiger partial charge is 0.251 e. The average molecular weight is 263 g/mol. The van der Waals surface area contributed by atoms with E-state index in [1.807, 2.05) is 18.2 Å². The Morgan fingerprint density at radius 3 is 2.42 bits per heavy atom. The second-order valence-electron chi connectivity index (χ2n) is 6.19. The standard InChI is InChI=1S/C16H25NO2/c1-11(2)13-7-6-12(15(19)17-8-9-18)10-14(13)16(3,4)5/h6-7,10-11,18H,8-9H2,1-5H3,(H,17,19). The van der Waals surface area contributed by atoms with Gasteiger partial charge in [-0.2, -0.15) is 0 Å². The van der Waals surface area contributed by atoms with Crippen LogP contribution < -0.4 is 5.32 Å². The molecule has 0 unspecified atom stereocenters. The van der Waals surface area contributed by atoms with Gasteiger partial charge in [-0.1, -0.05) is 40.7 Å². The molecule has 2 N–H and O–H groups in total. The number of carbonyl (C=O) groups excluding carboxylic acids is 1. The molecule has 3 nitrogen and oxygen atoms in total. The molecule has 0 aromatic heterocycles. The topological polar surface area (TPSA) is 49.3 Å². The normalized spacial score (nSPS) is 11.7. The molecule has 1 aromatic rings. The van der Waals surface area contributed by atoms with Gasteiger partial charge in [-0.05, 0) is 34.6 Å². The van der Waals surface area contributed by atoms with Gasteiger partial charge in [0.05, 0.1) is 6.61 Å². The van der Waals surface area contributed by atoms with Crippen LogP contribution in [0.3, 0.4) is 0 Å². The van der Waals surface area contributed by atoms with Gasteiger partial charge in [0, 0.05) is 12.1 Å². The maximum Gasteiger partial charge on any atom is 0.251 e. The van der Waals surface area contributed by atoms with Gasteiger partial charge in [0.2, 0.25) is 0 Å². The first kappa shape index (κ1) is 15.7. The molecule has 0 bridgehead atoms. The molecule has 0 aliphatic heterocycles. The van der Waals surface area contributed by atoms with Crippen LogP contribution in [0.4, 0.5) is 0 Å². The van der Waals surface area contributed by atoms with Gasteiger partial charge in [0.25, 0.3) is 5.91 Å². The summed E-state index contributed by atoms with van der Waals surface area (Å²) < 4.78 is 0. The Hall–Kier alpha value is -1.35. The van der Waals surface area contributed by atoms with E-state index in [1.54, 1.807) is 0 Å². The quantitative estimate of drug-likeness (QED) is 0.877. The number of amides is 1. The molecule has 0 heterocycles. The zero-order valence-corrected chi connectivity index (χ0v) is 12.6. The molecule has 0 radical (unpaired) electrons. The highest BCUT2D eigenvalue weighted by atomic mass is 16.3. The van der Waals surface area contributed by atoms with Crippen molar-refractivity contribution >= 4 is 5.91 Å². The van der Waals surface area contributed by atoms with E-state index in [4.69, 9.17) is 5.11 Å². The third-order valence-corrected chi connectivity index (χ3v) is 3.14. The van der Waals surface area contributed by atoms with Crippen molar-refractivity contribution in [2.75, 3.05) is 13.2 Å². The molecule has 0 spiro atoms. The lowest BCUT2D eigenvalue weighted by Crippen LogP contribution is -2.27. The van der Waals surface area contributed by atoms with Crippen LogP contribution in [0.5, 0.6) is 0 Å². The monoisotopic (exact) mass is 263 g/mol. The Bertz CT molecular complexity index is 445. The van der Waals surface area contributed by atoms with Crippen LogP contribution in [0, 0.1) is 0 Å². The summed E-state index contributed by atoms with van der Waals surface area (Å²) in [5, 5.41) is 11.4. The first-order valence-electron chi connectivity index (χ1n) is 6.81. The third-order valence-electron chi connectivity index (χ3n) is 3.14. The Morgan fingerprint density at radius 2 is 1.95 bits per heavy atom. The predicted octanol–water partition coefficient (Wildman–Crippen LogP) is 2.83. The summed E-state index contributed by atoms with van der Waals surface area (Å²) >= 11 is 0. The molecular formula is C16H25NO2. The fraction of sp³-hybridized carbons (Fsp3) is 0.562. The third kappa shape index (κ3) is 4.06. The average Bonchev–Trinajstić information content (AvgIpc) is 2.34. The summed E-state index contributed by atoms with van der Waals surface area (Å²) in [6, 6.07) is 5.87. The maximum atomic E-state index is 11.9. The maximum absolute atomic E-state index is 11.9. The molecule has 0 saturated heterocycles. The van der Waals surface area contributed by atoms with Crippen LogP contribution in [0.1, 0.15) is 62.0 Å². The van der Waals surface area contributed by atoms with E-state index in [0.717, 1.165) is 0 Å². The number of rotatable bonds is 4. The molecule has 1 rings (SSSR count). The number of aliphatic hydroxyl groups is 1. The molecule has 106 valence electrons. The summed E-state index contributed by atoms with van der Waals surface area (Å²) in [7, 11) is 0. The number of aliphatic hydroxyl groups excluding tert-OH is 1. The van der Waals surface area contributed by atoms with E-state index in [-0.39, 0.29) is 24.5 Å². The molecule has 3 heteroatoms. The fourth-order valence-corrected chi connectivity index (χ4v) is 2.12. The second-order valence-corrected chi connectivity index (χ2v) is 6.19. The van der Waals surface area contributed by atoms with Crippen molar-refractivity contribution in [3.63, 3.8) is 0 Å². The van der Waals surface area contributed by atoms with Gasteiger partial charge in [-0.3, -0.25) is 4.79 Å². The van der Waals surface area contributed by atoms with E-state index in [2.05, 4.69) is 39.9 Å². The minimum atomic E-state index is -0.130. The molecule has 1 amide bonds. The summed E-state index contributed by atoms with van der Waals surface area (Å²) in [4.78, 5) is 11.9. The zero-order valence-electron chi connectivity index (χ0n) is 12.6. The van der Waals surface area contributed by atoms with Crippen LogP contribution in [0.2, 0.25) is 0 Å². The van der Waals surface area contributed by atoms with Crippen molar-refractivity contribution in [3.8, 4) is 0 Å². The Balaban J connectivity index is 3.15. The Kier molecular flexibility index (Phi) is 5.12. The molecular weight excluding hydrogens is 238 g/mol. The minimum absolute atomic E-state index is 0.00682. The van der Waals surface area contributed by atoms with Crippen LogP contribution in [0.25, 0.3) is 0 Å². The van der Waals surface area contributed by atoms with E-state index in [0.29, 0.717) is 11.5 Å². The van der Waals surface area contributed by atoms with Gasteiger partial charge >= 0.3 is 0 Å². The molecule has 19 heavy (non-hydrogen) atoms. The van der Waals surface area contributed by atoms with Crippen molar-refractivity contribution in [1.82, 2.24) is 5.32 Å². The van der Waals surface area contributed by atoms with Crippen LogP contribution >= 0.6 is 0 Å². The summed E-state index contributed by atoms with van der Waals surface area (Å²) in [5.41, 5.74) is 3.15. The summed E-state index contributed by atoms with van der Waals surface area (Å²) in [5.74, 6) is 0.304. The SMILES string of the molecule is CC(C)c1ccc(C(=O)NCCO)cc1C(C)(C)C. The lowest BCUT2D eigenvalue weighted by atomic mass is 9.80. The van der Waals surface area contributed by atoms with E-state index in [9.17, 15) is 4.79 Å². The minimum Gasteiger partial charge on any atom is -0.395 e. The molecule has 0 fully saturated rings. The van der Waals surface area contributed by atoms with Crippen LogP contribution in [-0.2, 0) is 5.41 Å². The van der Waals surface area contributed by atoms with Gasteiger partial charge < -0.3 is 10.4 Å². The Labute approximate surface area is 116 Å². The number of nitrogens with one attached hydrogen (secondary N) is 1. The number of benzene rings is 1. The van der Waals surface area contributed by atoms with Crippen LogP contribution in [-0.4, -0.2) is 24.2 Å². The number of hydrogen-bond acceptors (Lipinski definition) is 2. The highest BCUT2D eigenvalue weighted by molar-refractivity contribution is 5.94. The molecule has 0 atom stereocenters. The number of carbonyl (C=O) groups is 1. The summed E-state index contributed by atoms with van der Waals surface area (Å²) in [6.07, 6.45) is 0. The van der Waals surface area contributed by atoms with Gasteiger partial charge in [0.15, 0.2) is 0 Å². The van der Waals surface area contributed by atoms with E-state index >= 15 is 0 Å². The lowest BCUT2D eigenvalue weighted by Gasteiger charge is -2.25. The van der Waals surface area contributed by atoms with Crippen LogP contribution in [0.15, 0.2) is 18.2 Å². The van der Waals surface area contributed by atoms with Crippen molar-refractivity contribution in [1.29, 1.82) is 0 Å². The van der Waals surface area contributed by atoms with Gasteiger partial charge in [-0.15, -0.1) is 0 Å². The van der Waals surface area contributed by atoms with E-state index < -0.39 is 0 Å². The largest absolute Gasteiger partial charge is 0.395 e. The lowest BCUT2D eigenvalue weighted by molar-refractivity contribution is 0.0944. The van der Waals surface area contributed by atoms with Gasteiger partial charge in [-0.25, -0.2) is 0 Å². The first-order chi connectivity index (χ1) is 8.77. The van der Waals surface area contributed by atoms with Crippen molar-refractivity contribution in [3.05, 3.63) is 34.9 Å². The van der Waals surface area contributed by atoms with Crippen molar-refractivity contribution < 1.29 is 9.90 Å². The van der Waals surface area contributed by atoms with Gasteiger partial charge in [0.1, 0.15) is 0 Å². The molecule has 0 aliphatic rings.